The molecule has 0 radical (unpaired) electrons. The summed E-state index contributed by atoms with van der Waals surface area (Å²) in [6.45, 7) is 5.18. The van der Waals surface area contributed by atoms with Crippen molar-refractivity contribution in [2.75, 3.05) is 0 Å². The number of aromatic carboxylic acids is 1. The van der Waals surface area contributed by atoms with Crippen molar-refractivity contribution in [3.05, 3.63) is 112 Å². The third-order valence-electron chi connectivity index (χ3n) is 5.88. The number of benzene rings is 3. The molecule has 1 N–H and O–H groups in total. The van der Waals surface area contributed by atoms with Gasteiger partial charge in [-0.2, -0.15) is 5.10 Å². The van der Waals surface area contributed by atoms with Gasteiger partial charge in [0.15, 0.2) is 0 Å². The molecule has 0 aliphatic rings. The summed E-state index contributed by atoms with van der Waals surface area (Å²) in [5.41, 5.74) is 3.64. The van der Waals surface area contributed by atoms with E-state index in [9.17, 15) is 14.7 Å². The number of carboxylic acid groups (broad SMARTS) is 1. The van der Waals surface area contributed by atoms with Gasteiger partial charge in [-0.1, -0.05) is 86.6 Å². The van der Waals surface area contributed by atoms with Crippen LogP contribution in [0.3, 0.4) is 0 Å². The maximum atomic E-state index is 13.2. The minimum Gasteiger partial charge on any atom is -0.478 e. The molecular weight excluding hydrogens is 426 g/mol. The summed E-state index contributed by atoms with van der Waals surface area (Å²) in [7, 11) is 0. The third kappa shape index (κ3) is 5.34. The Morgan fingerprint density at radius 3 is 2.21 bits per heavy atom. The van der Waals surface area contributed by atoms with E-state index in [-0.39, 0.29) is 11.3 Å². The summed E-state index contributed by atoms with van der Waals surface area (Å²) in [5, 5.41) is 14.2. The molecule has 34 heavy (non-hydrogen) atoms. The zero-order valence-electron chi connectivity index (χ0n) is 19.5. The highest BCUT2D eigenvalue weighted by Gasteiger charge is 2.15. The molecule has 3 aromatic carbocycles. The fraction of sp³-hybridized carbons (Fsp3) is 0.250. The second kappa shape index (κ2) is 10.3. The van der Waals surface area contributed by atoms with E-state index in [0.29, 0.717) is 24.6 Å². The number of aromatic nitrogens is 3. The maximum absolute atomic E-state index is 13.2. The lowest BCUT2D eigenvalue weighted by Gasteiger charge is -2.09. The Labute approximate surface area is 199 Å². The molecular formula is C28H29N3O3. The van der Waals surface area contributed by atoms with Gasteiger partial charge in [-0.3, -0.25) is 4.57 Å². The average molecular weight is 456 g/mol. The highest BCUT2D eigenvalue weighted by atomic mass is 16.4. The maximum Gasteiger partial charge on any atom is 0.346 e. The third-order valence-corrected chi connectivity index (χ3v) is 5.88. The topological polar surface area (TPSA) is 77.1 Å². The monoisotopic (exact) mass is 455 g/mol. The van der Waals surface area contributed by atoms with Crippen LogP contribution in [0.4, 0.5) is 0 Å². The Morgan fingerprint density at radius 1 is 0.882 bits per heavy atom. The van der Waals surface area contributed by atoms with Crippen molar-refractivity contribution in [2.24, 2.45) is 5.92 Å². The number of carboxylic acids is 1. The van der Waals surface area contributed by atoms with Gasteiger partial charge in [0.2, 0.25) is 0 Å². The fourth-order valence-electron chi connectivity index (χ4n) is 4.00. The Bertz CT molecular complexity index is 1320. The van der Waals surface area contributed by atoms with Gasteiger partial charge in [-0.25, -0.2) is 14.3 Å². The number of hydrogen-bond acceptors (Lipinski definition) is 3. The van der Waals surface area contributed by atoms with Gasteiger partial charge in [0, 0.05) is 6.42 Å². The summed E-state index contributed by atoms with van der Waals surface area (Å²) < 4.78 is 3.30. The Kier molecular flexibility index (Phi) is 7.07. The molecule has 0 atom stereocenters. The van der Waals surface area contributed by atoms with Gasteiger partial charge < -0.3 is 5.11 Å². The van der Waals surface area contributed by atoms with Crippen LogP contribution in [0.15, 0.2) is 83.7 Å². The Morgan fingerprint density at radius 2 is 1.53 bits per heavy atom. The highest BCUT2D eigenvalue weighted by Crippen LogP contribution is 2.24. The first-order chi connectivity index (χ1) is 16.4. The van der Waals surface area contributed by atoms with Gasteiger partial charge in [0.05, 0.1) is 18.7 Å². The molecule has 6 nitrogen and oxygen atoms in total. The standard InChI is InChI=1S/C28H29N3O3/c1-20(2)12-17-26-29-31(19-21-8-4-3-5-9-21)28(34)30(26)18-22-13-15-23(16-14-22)24-10-6-7-11-25(24)27(32)33/h3-11,13-16,20H,12,17-19H2,1-2H3,(H,32,33). The number of rotatable bonds is 9. The molecule has 174 valence electrons. The van der Waals surface area contributed by atoms with E-state index >= 15 is 0 Å². The molecule has 0 amide bonds. The molecule has 0 aliphatic heterocycles. The van der Waals surface area contributed by atoms with Crippen molar-refractivity contribution in [3.8, 4) is 11.1 Å². The first-order valence-electron chi connectivity index (χ1n) is 11.5. The lowest BCUT2D eigenvalue weighted by Crippen LogP contribution is -2.26. The molecule has 0 saturated heterocycles. The van der Waals surface area contributed by atoms with Crippen LogP contribution in [-0.2, 0) is 19.5 Å². The van der Waals surface area contributed by atoms with E-state index in [4.69, 9.17) is 0 Å². The lowest BCUT2D eigenvalue weighted by atomic mass is 9.99. The number of nitrogens with zero attached hydrogens (tertiary/aromatic N) is 3. The molecule has 6 heteroatoms. The Hall–Kier alpha value is -3.93. The first-order valence-corrected chi connectivity index (χ1v) is 11.5. The predicted octanol–water partition coefficient (Wildman–Crippen LogP) is 5.10. The van der Waals surface area contributed by atoms with Crippen molar-refractivity contribution in [2.45, 2.75) is 39.8 Å². The van der Waals surface area contributed by atoms with Crippen LogP contribution >= 0.6 is 0 Å². The van der Waals surface area contributed by atoms with Gasteiger partial charge in [-0.15, -0.1) is 0 Å². The highest BCUT2D eigenvalue weighted by molar-refractivity contribution is 5.95. The van der Waals surface area contributed by atoms with Gasteiger partial charge in [-0.05, 0) is 40.7 Å². The number of carbonyl (C=O) groups is 1. The lowest BCUT2D eigenvalue weighted by molar-refractivity contribution is 0.0697. The molecule has 0 fully saturated rings. The van der Waals surface area contributed by atoms with E-state index in [0.717, 1.165) is 35.4 Å². The zero-order valence-corrected chi connectivity index (χ0v) is 19.5. The van der Waals surface area contributed by atoms with Crippen LogP contribution in [0.1, 0.15) is 47.6 Å². The average Bonchev–Trinajstić information content (AvgIpc) is 3.13. The quantitative estimate of drug-likeness (QED) is 0.381. The predicted molar refractivity (Wildman–Crippen MR) is 133 cm³/mol. The van der Waals surface area contributed by atoms with E-state index in [2.05, 4.69) is 18.9 Å². The van der Waals surface area contributed by atoms with E-state index in [1.807, 2.05) is 60.7 Å². The summed E-state index contributed by atoms with van der Waals surface area (Å²) >= 11 is 0. The van der Waals surface area contributed by atoms with Gasteiger partial charge in [0.1, 0.15) is 5.82 Å². The summed E-state index contributed by atoms with van der Waals surface area (Å²) in [6, 6.07) is 24.5. The molecule has 0 bridgehead atoms. The van der Waals surface area contributed by atoms with Crippen molar-refractivity contribution >= 4 is 5.97 Å². The molecule has 1 heterocycles. The smallest absolute Gasteiger partial charge is 0.346 e. The van der Waals surface area contributed by atoms with E-state index in [1.165, 1.54) is 0 Å². The molecule has 4 aromatic rings. The minimum atomic E-state index is -0.952. The van der Waals surface area contributed by atoms with Crippen molar-refractivity contribution < 1.29 is 9.90 Å². The van der Waals surface area contributed by atoms with E-state index in [1.54, 1.807) is 27.4 Å². The summed E-state index contributed by atoms with van der Waals surface area (Å²) in [5.74, 6) is 0.346. The van der Waals surface area contributed by atoms with Gasteiger partial charge >= 0.3 is 11.7 Å². The van der Waals surface area contributed by atoms with Gasteiger partial charge in [0.25, 0.3) is 0 Å². The zero-order chi connectivity index (χ0) is 24.1. The second-order valence-electron chi connectivity index (χ2n) is 8.91. The minimum absolute atomic E-state index is 0.122. The van der Waals surface area contributed by atoms with Crippen LogP contribution in [-0.4, -0.2) is 25.4 Å². The first kappa shape index (κ1) is 23.2. The van der Waals surface area contributed by atoms with Crippen LogP contribution in [0.25, 0.3) is 11.1 Å². The van der Waals surface area contributed by atoms with Crippen molar-refractivity contribution in [1.82, 2.24) is 14.3 Å². The number of aryl methyl sites for hydroxylation is 1. The molecule has 4 rings (SSSR count). The molecule has 0 saturated carbocycles. The van der Waals surface area contributed by atoms with Crippen LogP contribution in [0.2, 0.25) is 0 Å². The van der Waals surface area contributed by atoms with Crippen molar-refractivity contribution in [1.29, 1.82) is 0 Å². The second-order valence-corrected chi connectivity index (χ2v) is 8.91. The molecule has 0 aliphatic carbocycles. The summed E-state index contributed by atoms with van der Waals surface area (Å²) in [4.78, 5) is 24.8. The van der Waals surface area contributed by atoms with Crippen molar-refractivity contribution in [3.63, 3.8) is 0 Å². The molecule has 0 unspecified atom stereocenters. The molecule has 0 spiro atoms. The largest absolute Gasteiger partial charge is 0.478 e. The molecule has 1 aromatic heterocycles. The fourth-order valence-corrected chi connectivity index (χ4v) is 4.00. The van der Waals surface area contributed by atoms with Crippen LogP contribution in [0, 0.1) is 5.92 Å². The number of hydrogen-bond donors (Lipinski definition) is 1. The van der Waals surface area contributed by atoms with Crippen LogP contribution < -0.4 is 5.69 Å². The normalized spacial score (nSPS) is 11.1. The van der Waals surface area contributed by atoms with E-state index < -0.39 is 5.97 Å². The SMILES string of the molecule is CC(C)CCc1nn(Cc2ccccc2)c(=O)n1Cc1ccc(-c2ccccc2C(=O)O)cc1. The van der Waals surface area contributed by atoms with Crippen LogP contribution in [0.5, 0.6) is 0 Å². The Balaban J connectivity index is 1.62. The summed E-state index contributed by atoms with van der Waals surface area (Å²) in [6.07, 6.45) is 1.69.